The molecule has 3 aromatic rings. The molecule has 1 N–H and O–H groups in total. The maximum absolute atomic E-state index is 11.2. The monoisotopic (exact) mass is 463 g/mol. The minimum absolute atomic E-state index is 0. The summed E-state index contributed by atoms with van der Waals surface area (Å²) >= 11 is 1.71. The molecule has 3 aromatic carbocycles. The third-order valence-corrected chi connectivity index (χ3v) is 6.15. The van der Waals surface area contributed by atoms with Gasteiger partial charge in [-0.05, 0) is 48.0 Å². The van der Waals surface area contributed by atoms with Crippen LogP contribution in [0.1, 0.15) is 18.1 Å². The zero-order chi connectivity index (χ0) is 21.6. The Morgan fingerprint density at radius 2 is 1.72 bits per heavy atom. The van der Waals surface area contributed by atoms with Gasteiger partial charge in [0.25, 0.3) is 0 Å². The molecule has 1 heterocycles. The lowest BCUT2D eigenvalue weighted by atomic mass is 10.1. The number of nitrogens with zero attached hydrogens (tertiary/aromatic N) is 2. The molecule has 0 atom stereocenters. The third kappa shape index (κ3) is 5.81. The second-order valence-electron chi connectivity index (χ2n) is 7.38. The van der Waals surface area contributed by atoms with Gasteiger partial charge in [-0.15, -0.1) is 12.4 Å². The fourth-order valence-electron chi connectivity index (χ4n) is 3.51. The van der Waals surface area contributed by atoms with Crippen molar-refractivity contribution in [2.45, 2.75) is 16.7 Å². The first-order valence-electron chi connectivity index (χ1n) is 10.3. The first kappa shape index (κ1) is 23.6. The molecular weight excluding hydrogens is 438 g/mol. The van der Waals surface area contributed by atoms with Crippen LogP contribution < -0.4 is 10.2 Å². The summed E-state index contributed by atoms with van der Waals surface area (Å²) in [4.78, 5) is 20.6. The van der Waals surface area contributed by atoms with Crippen molar-refractivity contribution in [1.82, 2.24) is 0 Å². The highest BCUT2D eigenvalue weighted by Crippen LogP contribution is 2.32. The molecule has 0 saturated heterocycles. The first-order chi connectivity index (χ1) is 15.1. The predicted molar refractivity (Wildman–Crippen MR) is 139 cm³/mol. The van der Waals surface area contributed by atoms with Gasteiger partial charge < -0.3 is 10.2 Å². The molecule has 0 spiro atoms. The van der Waals surface area contributed by atoms with Crippen molar-refractivity contribution in [3.63, 3.8) is 0 Å². The standard InChI is InChI=1S/C26H25N3OS.ClH/c1-19(30)28-21-12-14-22(15-13-21)31-26-10-6-3-7-20(26)11-16-24-23-8-4-5-9-25(23)29(2)18-17-27-24;/h3-16H,17-18H2,1-2H3,(H,28,30);1H/b16-11+;. The van der Waals surface area contributed by atoms with Crippen LogP contribution in [0.15, 0.2) is 93.7 Å². The van der Waals surface area contributed by atoms with Gasteiger partial charge in [-0.3, -0.25) is 9.79 Å². The topological polar surface area (TPSA) is 44.7 Å². The second-order valence-corrected chi connectivity index (χ2v) is 8.50. The van der Waals surface area contributed by atoms with Crippen LogP contribution in [0.2, 0.25) is 0 Å². The van der Waals surface area contributed by atoms with E-state index in [4.69, 9.17) is 4.99 Å². The van der Waals surface area contributed by atoms with Gasteiger partial charge in [-0.1, -0.05) is 54.2 Å². The summed E-state index contributed by atoms with van der Waals surface area (Å²) in [7, 11) is 2.12. The number of amides is 1. The molecule has 0 aliphatic carbocycles. The van der Waals surface area contributed by atoms with E-state index in [1.807, 2.05) is 24.3 Å². The summed E-state index contributed by atoms with van der Waals surface area (Å²) in [6, 6.07) is 24.7. The summed E-state index contributed by atoms with van der Waals surface area (Å²) < 4.78 is 0. The number of allylic oxidation sites excluding steroid dienone is 1. The van der Waals surface area contributed by atoms with E-state index in [0.29, 0.717) is 0 Å². The van der Waals surface area contributed by atoms with E-state index in [2.05, 4.69) is 77.9 Å². The SMILES string of the molecule is CC(=O)Nc1ccc(Sc2ccccc2/C=C/C2=NCCN(C)c3ccccc32)cc1.Cl. The number of halogens is 1. The van der Waals surface area contributed by atoms with Crippen molar-refractivity contribution >= 4 is 53.2 Å². The molecule has 1 aliphatic heterocycles. The molecule has 1 amide bonds. The smallest absolute Gasteiger partial charge is 0.221 e. The van der Waals surface area contributed by atoms with Crippen LogP contribution in [0, 0.1) is 0 Å². The van der Waals surface area contributed by atoms with Gasteiger partial charge in [0, 0.05) is 47.2 Å². The highest BCUT2D eigenvalue weighted by atomic mass is 35.5. The van der Waals surface area contributed by atoms with Gasteiger partial charge in [0.2, 0.25) is 5.91 Å². The van der Waals surface area contributed by atoms with Crippen LogP contribution >= 0.6 is 24.2 Å². The summed E-state index contributed by atoms with van der Waals surface area (Å²) in [6.07, 6.45) is 4.27. The zero-order valence-electron chi connectivity index (χ0n) is 18.1. The average molecular weight is 464 g/mol. The van der Waals surface area contributed by atoms with Gasteiger partial charge in [0.1, 0.15) is 0 Å². The van der Waals surface area contributed by atoms with Gasteiger partial charge in [-0.25, -0.2) is 0 Å². The Bertz CT molecular complexity index is 1140. The fraction of sp³-hybridized carbons (Fsp3) is 0.154. The van der Waals surface area contributed by atoms with Crippen LogP contribution in [0.25, 0.3) is 6.08 Å². The Morgan fingerprint density at radius 1 is 1.00 bits per heavy atom. The molecule has 164 valence electrons. The van der Waals surface area contributed by atoms with Crippen LogP contribution in [0.3, 0.4) is 0 Å². The molecule has 4 rings (SSSR count). The van der Waals surface area contributed by atoms with E-state index in [9.17, 15) is 4.79 Å². The lowest BCUT2D eigenvalue weighted by molar-refractivity contribution is -0.114. The van der Waals surface area contributed by atoms with Crippen LogP contribution in [-0.4, -0.2) is 31.8 Å². The average Bonchev–Trinajstić information content (AvgIpc) is 2.93. The third-order valence-electron chi connectivity index (χ3n) is 5.05. The van der Waals surface area contributed by atoms with Crippen molar-refractivity contribution in [2.75, 3.05) is 30.4 Å². The number of hydrogen-bond donors (Lipinski definition) is 1. The van der Waals surface area contributed by atoms with Gasteiger partial charge >= 0.3 is 0 Å². The minimum Gasteiger partial charge on any atom is -0.372 e. The lowest BCUT2D eigenvalue weighted by Gasteiger charge is -2.18. The molecule has 4 nitrogen and oxygen atoms in total. The van der Waals surface area contributed by atoms with E-state index in [1.165, 1.54) is 17.5 Å². The quantitative estimate of drug-likeness (QED) is 0.492. The number of likely N-dealkylation sites (N-methyl/N-ethyl adjacent to an activating group) is 1. The highest BCUT2D eigenvalue weighted by Gasteiger charge is 2.13. The van der Waals surface area contributed by atoms with Gasteiger partial charge in [0.15, 0.2) is 0 Å². The molecule has 0 aromatic heterocycles. The summed E-state index contributed by atoms with van der Waals surface area (Å²) in [5.41, 5.74) is 5.35. The van der Waals surface area contributed by atoms with Crippen molar-refractivity contribution in [3.05, 3.63) is 90.0 Å². The Morgan fingerprint density at radius 3 is 2.50 bits per heavy atom. The maximum Gasteiger partial charge on any atom is 0.221 e. The number of fused-ring (bicyclic) bond motifs is 1. The van der Waals surface area contributed by atoms with Crippen LogP contribution in [0.5, 0.6) is 0 Å². The molecule has 0 radical (unpaired) electrons. The molecule has 6 heteroatoms. The first-order valence-corrected chi connectivity index (χ1v) is 11.1. The summed E-state index contributed by atoms with van der Waals surface area (Å²) in [6.45, 7) is 3.21. The Kier molecular flexibility index (Phi) is 8.14. The number of nitrogens with one attached hydrogen (secondary N) is 1. The van der Waals surface area contributed by atoms with Crippen molar-refractivity contribution in [2.24, 2.45) is 4.99 Å². The number of rotatable bonds is 5. The molecule has 32 heavy (non-hydrogen) atoms. The number of carbonyl (C=O) groups is 1. The van der Waals surface area contributed by atoms with Crippen molar-refractivity contribution in [1.29, 1.82) is 0 Å². The Balaban J connectivity index is 0.00000289. The summed E-state index contributed by atoms with van der Waals surface area (Å²) in [5.74, 6) is -0.0647. The number of anilines is 2. The number of hydrogen-bond acceptors (Lipinski definition) is 4. The van der Waals surface area contributed by atoms with E-state index < -0.39 is 0 Å². The normalized spacial score (nSPS) is 13.1. The Labute approximate surface area is 199 Å². The molecule has 0 unspecified atom stereocenters. The Hall–Kier alpha value is -3.02. The number of benzene rings is 3. The zero-order valence-corrected chi connectivity index (χ0v) is 19.7. The van der Waals surface area contributed by atoms with E-state index >= 15 is 0 Å². The predicted octanol–water partition coefficient (Wildman–Crippen LogP) is 6.17. The maximum atomic E-state index is 11.2. The minimum atomic E-state index is -0.0647. The molecule has 0 fully saturated rings. The molecule has 0 bridgehead atoms. The highest BCUT2D eigenvalue weighted by molar-refractivity contribution is 7.99. The van der Waals surface area contributed by atoms with E-state index in [-0.39, 0.29) is 18.3 Å². The number of benzodiazepines with no additional fused rings is 1. The van der Waals surface area contributed by atoms with Crippen LogP contribution in [0.4, 0.5) is 11.4 Å². The van der Waals surface area contributed by atoms with Crippen molar-refractivity contribution < 1.29 is 4.79 Å². The fourth-order valence-corrected chi connectivity index (χ4v) is 4.43. The molecular formula is C26H26ClN3OS. The van der Waals surface area contributed by atoms with E-state index in [1.54, 1.807) is 11.8 Å². The molecule has 1 aliphatic rings. The van der Waals surface area contributed by atoms with Crippen LogP contribution in [-0.2, 0) is 4.79 Å². The lowest BCUT2D eigenvalue weighted by Crippen LogP contribution is -2.20. The van der Waals surface area contributed by atoms with E-state index in [0.717, 1.165) is 40.5 Å². The van der Waals surface area contributed by atoms with Gasteiger partial charge in [0.05, 0.1) is 12.3 Å². The largest absolute Gasteiger partial charge is 0.372 e. The summed E-state index contributed by atoms with van der Waals surface area (Å²) in [5, 5.41) is 2.80. The number of carbonyl (C=O) groups excluding carboxylic acids is 1. The second kappa shape index (κ2) is 11.0. The number of aliphatic imine (C=N–C) groups is 1. The van der Waals surface area contributed by atoms with Crippen molar-refractivity contribution in [3.8, 4) is 0 Å². The van der Waals surface area contributed by atoms with Gasteiger partial charge in [-0.2, -0.15) is 0 Å². The molecule has 0 saturated carbocycles. The number of para-hydroxylation sites is 1.